The van der Waals surface area contributed by atoms with Crippen molar-refractivity contribution in [3.63, 3.8) is 0 Å². The summed E-state index contributed by atoms with van der Waals surface area (Å²) in [4.78, 5) is 13.9. The summed E-state index contributed by atoms with van der Waals surface area (Å²) in [7, 11) is 0. The number of rotatable bonds is 3. The molecule has 0 heterocycles. The zero-order valence-corrected chi connectivity index (χ0v) is 18.4. The molecule has 0 bridgehead atoms. The third-order valence-electron chi connectivity index (χ3n) is 4.95. The molecule has 142 valence electrons. The summed E-state index contributed by atoms with van der Waals surface area (Å²) in [6.07, 6.45) is 4.52. The molecule has 28 heavy (non-hydrogen) atoms. The Morgan fingerprint density at radius 3 is 2.57 bits per heavy atom. The third kappa shape index (κ3) is 4.65. The van der Waals surface area contributed by atoms with Crippen molar-refractivity contribution in [2.24, 2.45) is 0 Å². The first-order chi connectivity index (χ1) is 13.3. The van der Waals surface area contributed by atoms with E-state index in [-0.39, 0.29) is 20.4 Å². The number of aliphatic carboxylic acids is 1. The molecule has 2 aromatic carbocycles. The summed E-state index contributed by atoms with van der Waals surface area (Å²) in [5, 5.41) is 8.78. The van der Waals surface area contributed by atoms with Crippen LogP contribution in [0.4, 0.5) is 0 Å². The van der Waals surface area contributed by atoms with Crippen LogP contribution in [-0.4, -0.2) is 26.0 Å². The SMILES string of the molecule is C/C(C#C[Se]c1ccc2c(c1)C(C)(C)CC=C2c1ccc(C)cc1)=C\C(=O)O. The van der Waals surface area contributed by atoms with Crippen molar-refractivity contribution < 1.29 is 9.90 Å². The number of hydrogen-bond donors (Lipinski definition) is 1. The van der Waals surface area contributed by atoms with Crippen LogP contribution in [0, 0.1) is 17.7 Å². The molecule has 3 heteroatoms. The second kappa shape index (κ2) is 8.23. The first kappa shape index (κ1) is 20.2. The van der Waals surface area contributed by atoms with Crippen LogP contribution >= 0.6 is 0 Å². The molecule has 2 aromatic rings. The molecule has 0 radical (unpaired) electrons. The summed E-state index contributed by atoms with van der Waals surface area (Å²) in [6.45, 7) is 8.41. The van der Waals surface area contributed by atoms with E-state index in [4.69, 9.17) is 5.11 Å². The van der Waals surface area contributed by atoms with Crippen LogP contribution in [0.3, 0.4) is 0 Å². The fraction of sp³-hybridized carbons (Fsp3) is 0.240. The van der Waals surface area contributed by atoms with Gasteiger partial charge in [-0.05, 0) is 0 Å². The second-order valence-electron chi connectivity index (χ2n) is 7.77. The average Bonchev–Trinajstić information content (AvgIpc) is 2.62. The summed E-state index contributed by atoms with van der Waals surface area (Å²) < 4.78 is 1.22. The molecular weight excluding hydrogens is 411 g/mol. The minimum atomic E-state index is -0.953. The maximum atomic E-state index is 10.7. The van der Waals surface area contributed by atoms with E-state index >= 15 is 0 Å². The van der Waals surface area contributed by atoms with E-state index in [9.17, 15) is 4.79 Å². The van der Waals surface area contributed by atoms with Gasteiger partial charge in [-0.15, -0.1) is 0 Å². The molecule has 2 nitrogen and oxygen atoms in total. The number of carboxylic acid groups (broad SMARTS) is 1. The third-order valence-corrected chi connectivity index (χ3v) is 6.40. The number of aryl methyl sites for hydroxylation is 1. The van der Waals surface area contributed by atoms with Crippen molar-refractivity contribution in [1.29, 1.82) is 0 Å². The molecule has 0 spiro atoms. The van der Waals surface area contributed by atoms with E-state index in [0.29, 0.717) is 5.57 Å². The molecule has 1 aliphatic rings. The standard InChI is InChI=1S/C25H24O2Se/c1-17-5-7-19(8-6-17)21-11-13-25(3,4)23-16-20(9-10-22(21)23)28-14-12-18(2)15-24(26)27/h5-11,15-16H,13H2,1-4H3,(H,26,27)/b18-15+. The van der Waals surface area contributed by atoms with Crippen LogP contribution in [0.1, 0.15) is 49.4 Å². The Morgan fingerprint density at radius 1 is 1.18 bits per heavy atom. The van der Waals surface area contributed by atoms with Gasteiger partial charge in [-0.3, -0.25) is 0 Å². The molecule has 1 aliphatic carbocycles. The molecule has 0 unspecified atom stereocenters. The second-order valence-corrected chi connectivity index (χ2v) is 9.62. The summed E-state index contributed by atoms with van der Waals surface area (Å²) >= 11 is -0.0100. The maximum absolute atomic E-state index is 10.7. The van der Waals surface area contributed by atoms with E-state index in [1.807, 2.05) is 0 Å². The van der Waals surface area contributed by atoms with Crippen LogP contribution < -0.4 is 4.46 Å². The molecule has 0 aliphatic heterocycles. The van der Waals surface area contributed by atoms with Crippen molar-refractivity contribution in [1.82, 2.24) is 0 Å². The predicted octanol–water partition coefficient (Wildman–Crippen LogP) is 4.43. The Kier molecular flexibility index (Phi) is 5.94. The van der Waals surface area contributed by atoms with Gasteiger partial charge in [0.1, 0.15) is 0 Å². The molecule has 0 atom stereocenters. The summed E-state index contributed by atoms with van der Waals surface area (Å²) in [5.74, 6) is 2.00. The fourth-order valence-electron chi connectivity index (χ4n) is 3.35. The van der Waals surface area contributed by atoms with E-state index < -0.39 is 5.97 Å². The normalized spacial score (nSPS) is 15.1. The first-order valence-electron chi connectivity index (χ1n) is 9.27. The monoisotopic (exact) mass is 436 g/mol. The molecule has 1 N–H and O–H groups in total. The van der Waals surface area contributed by atoms with Gasteiger partial charge >= 0.3 is 174 Å². The zero-order valence-electron chi connectivity index (χ0n) is 16.7. The number of carboxylic acids is 1. The Balaban J connectivity index is 1.93. The van der Waals surface area contributed by atoms with Crippen LogP contribution in [0.15, 0.2) is 60.2 Å². The first-order valence-corrected chi connectivity index (χ1v) is 11.0. The van der Waals surface area contributed by atoms with Gasteiger partial charge in [-0.2, -0.15) is 0 Å². The van der Waals surface area contributed by atoms with E-state index in [1.54, 1.807) is 6.92 Å². The van der Waals surface area contributed by atoms with Gasteiger partial charge in [0.2, 0.25) is 0 Å². The van der Waals surface area contributed by atoms with Gasteiger partial charge in [0.05, 0.1) is 0 Å². The molecule has 3 rings (SSSR count). The molecule has 0 fully saturated rings. The number of hydrogen-bond acceptors (Lipinski definition) is 1. The number of allylic oxidation sites excluding steroid dienone is 2. The quantitative estimate of drug-likeness (QED) is 0.440. The molecule has 0 amide bonds. The van der Waals surface area contributed by atoms with Crippen LogP contribution in [0.25, 0.3) is 5.57 Å². The topological polar surface area (TPSA) is 37.3 Å². The van der Waals surface area contributed by atoms with Gasteiger partial charge in [-0.25, -0.2) is 0 Å². The zero-order chi connectivity index (χ0) is 20.3. The number of fused-ring (bicyclic) bond motifs is 1. The van der Waals surface area contributed by atoms with E-state index in [0.717, 1.165) is 12.5 Å². The van der Waals surface area contributed by atoms with Crippen molar-refractivity contribution >= 4 is 31.0 Å². The van der Waals surface area contributed by atoms with Gasteiger partial charge in [0.15, 0.2) is 0 Å². The van der Waals surface area contributed by atoms with Gasteiger partial charge in [0.25, 0.3) is 0 Å². The van der Waals surface area contributed by atoms with Gasteiger partial charge in [-0.1, -0.05) is 0 Å². The van der Waals surface area contributed by atoms with Crippen molar-refractivity contribution in [2.45, 2.75) is 39.5 Å². The summed E-state index contributed by atoms with van der Waals surface area (Å²) in [5.41, 5.74) is 7.16. The number of carbonyl (C=O) groups is 1. The predicted molar refractivity (Wildman–Crippen MR) is 117 cm³/mol. The fourth-order valence-corrected chi connectivity index (χ4v) is 4.70. The van der Waals surface area contributed by atoms with Crippen molar-refractivity contribution in [3.8, 4) is 10.7 Å². The number of benzene rings is 2. The Morgan fingerprint density at radius 2 is 1.89 bits per heavy atom. The van der Waals surface area contributed by atoms with Crippen LogP contribution in [0.5, 0.6) is 0 Å². The van der Waals surface area contributed by atoms with Crippen molar-refractivity contribution in [3.05, 3.63) is 82.4 Å². The molecular formula is C25H24O2Se. The van der Waals surface area contributed by atoms with E-state index in [2.05, 4.69) is 80.1 Å². The van der Waals surface area contributed by atoms with Gasteiger partial charge < -0.3 is 0 Å². The Bertz CT molecular complexity index is 1030. The molecule has 0 saturated carbocycles. The summed E-state index contributed by atoms with van der Waals surface area (Å²) in [6, 6.07) is 15.4. The Labute approximate surface area is 173 Å². The van der Waals surface area contributed by atoms with Crippen LogP contribution in [-0.2, 0) is 10.2 Å². The Hall–Kier alpha value is -2.53. The minimum absolute atomic E-state index is 0.0100. The van der Waals surface area contributed by atoms with Crippen molar-refractivity contribution in [2.75, 3.05) is 0 Å². The van der Waals surface area contributed by atoms with E-state index in [1.165, 1.54) is 32.3 Å². The van der Waals surface area contributed by atoms with Crippen LogP contribution in [0.2, 0.25) is 0 Å². The molecule has 0 saturated heterocycles. The molecule has 0 aromatic heterocycles. The van der Waals surface area contributed by atoms with Gasteiger partial charge in [0, 0.05) is 0 Å². The average molecular weight is 435 g/mol.